The monoisotopic (exact) mass is 304 g/mol. The van der Waals surface area contributed by atoms with Crippen LogP contribution >= 0.6 is 0 Å². The molecule has 1 aromatic heterocycles. The standard InChI is InChI=1S/C9H12N4O4S2/c1-11-18(14,15)6-5-13-19(16,17)9-3-2-4-12-8(9)7-10/h2-4,11,13H,5-6H2,1H3. The van der Waals surface area contributed by atoms with Crippen molar-refractivity contribution >= 4 is 20.0 Å². The molecular formula is C9H12N4O4S2. The van der Waals surface area contributed by atoms with E-state index < -0.39 is 25.8 Å². The molecular weight excluding hydrogens is 292 g/mol. The molecule has 0 radical (unpaired) electrons. The second-order valence-electron chi connectivity index (χ2n) is 3.38. The molecule has 8 nitrogen and oxygen atoms in total. The van der Waals surface area contributed by atoms with Gasteiger partial charge in [0.15, 0.2) is 5.69 Å². The minimum Gasteiger partial charge on any atom is -0.244 e. The molecule has 0 aliphatic carbocycles. The van der Waals surface area contributed by atoms with Crippen molar-refractivity contribution in [3.63, 3.8) is 0 Å². The van der Waals surface area contributed by atoms with Gasteiger partial charge < -0.3 is 0 Å². The maximum absolute atomic E-state index is 11.9. The summed E-state index contributed by atoms with van der Waals surface area (Å²) < 4.78 is 50.2. The third-order valence-corrected chi connectivity index (χ3v) is 5.00. The number of nitrogens with one attached hydrogen (secondary N) is 2. The van der Waals surface area contributed by atoms with E-state index in [1.807, 2.05) is 0 Å². The summed E-state index contributed by atoms with van der Waals surface area (Å²) in [5.41, 5.74) is -0.244. The van der Waals surface area contributed by atoms with Crippen LogP contribution < -0.4 is 9.44 Å². The van der Waals surface area contributed by atoms with Crippen LogP contribution in [0.3, 0.4) is 0 Å². The van der Waals surface area contributed by atoms with Crippen LogP contribution in [0.1, 0.15) is 5.69 Å². The Morgan fingerprint density at radius 3 is 2.63 bits per heavy atom. The van der Waals surface area contributed by atoms with E-state index in [9.17, 15) is 16.8 Å². The van der Waals surface area contributed by atoms with Gasteiger partial charge in [-0.3, -0.25) is 0 Å². The van der Waals surface area contributed by atoms with Gasteiger partial charge in [0.25, 0.3) is 0 Å². The third kappa shape index (κ3) is 4.25. The molecule has 0 unspecified atom stereocenters. The van der Waals surface area contributed by atoms with E-state index in [1.165, 1.54) is 25.4 Å². The maximum atomic E-state index is 11.9. The Hall–Kier alpha value is -1.54. The van der Waals surface area contributed by atoms with Gasteiger partial charge in [-0.1, -0.05) is 0 Å². The van der Waals surface area contributed by atoms with Crippen molar-refractivity contribution in [2.75, 3.05) is 19.3 Å². The fourth-order valence-corrected chi connectivity index (χ4v) is 3.02. The number of nitriles is 1. The Morgan fingerprint density at radius 2 is 2.05 bits per heavy atom. The highest BCUT2D eigenvalue weighted by molar-refractivity contribution is 7.90. The average molecular weight is 304 g/mol. The van der Waals surface area contributed by atoms with E-state index >= 15 is 0 Å². The highest BCUT2D eigenvalue weighted by atomic mass is 32.2. The van der Waals surface area contributed by atoms with Gasteiger partial charge in [-0.15, -0.1) is 0 Å². The number of rotatable bonds is 6. The molecule has 0 saturated heterocycles. The van der Waals surface area contributed by atoms with Gasteiger partial charge in [0, 0.05) is 12.7 Å². The Labute approximate surface area is 111 Å². The molecule has 1 aromatic rings. The predicted octanol–water partition coefficient (Wildman–Crippen LogP) is -1.22. The molecule has 0 amide bonds. The molecule has 104 valence electrons. The Morgan fingerprint density at radius 1 is 1.37 bits per heavy atom. The molecule has 0 bridgehead atoms. The van der Waals surface area contributed by atoms with E-state index in [2.05, 4.69) is 14.4 Å². The fraction of sp³-hybridized carbons (Fsp3) is 0.333. The van der Waals surface area contributed by atoms with Crippen LogP contribution in [0.5, 0.6) is 0 Å². The lowest BCUT2D eigenvalue weighted by atomic mass is 10.4. The van der Waals surface area contributed by atoms with Crippen LogP contribution in [0.4, 0.5) is 0 Å². The molecule has 19 heavy (non-hydrogen) atoms. The number of nitrogens with zero attached hydrogens (tertiary/aromatic N) is 2. The lowest BCUT2D eigenvalue weighted by molar-refractivity contribution is 0.578. The second kappa shape index (κ2) is 6.07. The largest absolute Gasteiger partial charge is 0.244 e. The van der Waals surface area contributed by atoms with E-state index in [1.54, 1.807) is 6.07 Å². The summed E-state index contributed by atoms with van der Waals surface area (Å²) in [5.74, 6) is -0.398. The van der Waals surface area contributed by atoms with E-state index in [0.29, 0.717) is 0 Å². The van der Waals surface area contributed by atoms with Crippen LogP contribution in [-0.4, -0.2) is 41.2 Å². The summed E-state index contributed by atoms with van der Waals surface area (Å²) in [6.45, 7) is -0.300. The number of sulfonamides is 2. The fourth-order valence-electron chi connectivity index (χ4n) is 1.18. The number of aromatic nitrogens is 1. The van der Waals surface area contributed by atoms with Crippen molar-refractivity contribution in [2.24, 2.45) is 0 Å². The minimum absolute atomic E-state index is 0.244. The van der Waals surface area contributed by atoms with Crippen molar-refractivity contribution < 1.29 is 16.8 Å². The van der Waals surface area contributed by atoms with Gasteiger partial charge in [-0.05, 0) is 19.2 Å². The molecule has 0 spiro atoms. The molecule has 0 saturated carbocycles. The molecule has 2 N–H and O–H groups in total. The van der Waals surface area contributed by atoms with E-state index in [4.69, 9.17) is 5.26 Å². The lowest BCUT2D eigenvalue weighted by Crippen LogP contribution is -2.33. The SMILES string of the molecule is CNS(=O)(=O)CCNS(=O)(=O)c1cccnc1C#N. The molecule has 0 aromatic carbocycles. The van der Waals surface area contributed by atoms with Crippen LogP contribution in [0.2, 0.25) is 0 Å². The van der Waals surface area contributed by atoms with E-state index in [-0.39, 0.29) is 17.1 Å². The highest BCUT2D eigenvalue weighted by Gasteiger charge is 2.19. The van der Waals surface area contributed by atoms with Crippen LogP contribution in [0.25, 0.3) is 0 Å². The van der Waals surface area contributed by atoms with Gasteiger partial charge in [0.1, 0.15) is 11.0 Å². The molecule has 0 aliphatic heterocycles. The quantitative estimate of drug-likeness (QED) is 0.677. The smallest absolute Gasteiger partial charge is 0.243 e. The van der Waals surface area contributed by atoms with Gasteiger partial charge >= 0.3 is 0 Å². The zero-order valence-electron chi connectivity index (χ0n) is 9.99. The molecule has 0 atom stereocenters. The summed E-state index contributed by atoms with van der Waals surface area (Å²) in [4.78, 5) is 3.35. The number of pyridine rings is 1. The lowest BCUT2D eigenvalue weighted by Gasteiger charge is -2.07. The highest BCUT2D eigenvalue weighted by Crippen LogP contribution is 2.11. The summed E-state index contributed by atoms with van der Waals surface area (Å²) in [6.07, 6.45) is 1.29. The van der Waals surface area contributed by atoms with Crippen molar-refractivity contribution in [3.8, 4) is 6.07 Å². The summed E-state index contributed by atoms with van der Waals surface area (Å²) in [7, 11) is -6.22. The zero-order chi connectivity index (χ0) is 14.5. The number of hydrogen-bond donors (Lipinski definition) is 2. The molecule has 10 heteroatoms. The number of hydrogen-bond acceptors (Lipinski definition) is 6. The average Bonchev–Trinajstić information content (AvgIpc) is 2.38. The topological polar surface area (TPSA) is 129 Å². The van der Waals surface area contributed by atoms with Gasteiger partial charge in [-0.25, -0.2) is 31.3 Å². The van der Waals surface area contributed by atoms with Crippen LogP contribution in [0, 0.1) is 11.3 Å². The first-order valence-electron chi connectivity index (χ1n) is 5.08. The summed E-state index contributed by atoms with van der Waals surface area (Å²) in [5, 5.41) is 8.76. The molecule has 0 fully saturated rings. The van der Waals surface area contributed by atoms with Gasteiger partial charge in [-0.2, -0.15) is 5.26 Å². The van der Waals surface area contributed by atoms with E-state index in [0.717, 1.165) is 0 Å². The Kier molecular flexibility index (Phi) is 4.96. The maximum Gasteiger partial charge on any atom is 0.243 e. The Bertz CT molecular complexity index is 691. The Balaban J connectivity index is 2.86. The van der Waals surface area contributed by atoms with Crippen LogP contribution in [0.15, 0.2) is 23.2 Å². The first-order valence-corrected chi connectivity index (χ1v) is 8.22. The van der Waals surface area contributed by atoms with Gasteiger partial charge in [0.05, 0.1) is 5.75 Å². The van der Waals surface area contributed by atoms with Crippen molar-refractivity contribution in [1.29, 1.82) is 5.26 Å². The van der Waals surface area contributed by atoms with Gasteiger partial charge in [0.2, 0.25) is 20.0 Å². The summed E-state index contributed by atoms with van der Waals surface area (Å²) >= 11 is 0. The molecule has 1 heterocycles. The van der Waals surface area contributed by atoms with Crippen molar-refractivity contribution in [1.82, 2.24) is 14.4 Å². The molecule has 0 aliphatic rings. The van der Waals surface area contributed by atoms with Crippen LogP contribution in [-0.2, 0) is 20.0 Å². The molecule has 1 rings (SSSR count). The predicted molar refractivity (Wildman–Crippen MR) is 67.0 cm³/mol. The normalized spacial score (nSPS) is 12.0. The van der Waals surface area contributed by atoms with Crippen molar-refractivity contribution in [3.05, 3.63) is 24.0 Å². The van der Waals surface area contributed by atoms with Crippen molar-refractivity contribution in [2.45, 2.75) is 4.90 Å². The first-order chi connectivity index (χ1) is 8.82. The minimum atomic E-state index is -3.96. The zero-order valence-corrected chi connectivity index (χ0v) is 11.6. The second-order valence-corrected chi connectivity index (χ2v) is 7.16. The first kappa shape index (κ1) is 15.5. The third-order valence-electron chi connectivity index (χ3n) is 2.14. The summed E-state index contributed by atoms with van der Waals surface area (Å²) in [6, 6.07) is 4.26.